The summed E-state index contributed by atoms with van der Waals surface area (Å²) in [5, 5.41) is 3.28. The lowest BCUT2D eigenvalue weighted by Gasteiger charge is -2.23. The second-order valence-electron chi connectivity index (χ2n) is 5.12. The van der Waals surface area contributed by atoms with Crippen LogP contribution in [0.4, 0.5) is 13.2 Å². The van der Waals surface area contributed by atoms with Gasteiger partial charge in [-0.2, -0.15) is 0 Å². The second kappa shape index (κ2) is 8.12. The predicted molar refractivity (Wildman–Crippen MR) is 75.5 cm³/mol. The third kappa shape index (κ3) is 7.22. The molecule has 21 heavy (non-hydrogen) atoms. The molecule has 1 unspecified atom stereocenters. The van der Waals surface area contributed by atoms with Gasteiger partial charge in [0.25, 0.3) is 0 Å². The molecule has 1 aromatic carbocycles. The first-order valence-corrected chi connectivity index (χ1v) is 7.05. The number of rotatable bonds is 8. The Kier molecular flexibility index (Phi) is 6.81. The van der Waals surface area contributed by atoms with Gasteiger partial charge in [0.1, 0.15) is 17.6 Å². The Bertz CT molecular complexity index is 404. The fourth-order valence-electron chi connectivity index (χ4n) is 1.73. The Labute approximate surface area is 123 Å². The molecule has 0 saturated heterocycles. The monoisotopic (exact) mass is 305 g/mol. The smallest absolute Gasteiger partial charge is 0.489 e. The summed E-state index contributed by atoms with van der Waals surface area (Å²) >= 11 is 0. The van der Waals surface area contributed by atoms with E-state index in [0.29, 0.717) is 18.2 Å². The highest BCUT2D eigenvalue weighted by molar-refractivity contribution is 5.31. The van der Waals surface area contributed by atoms with E-state index in [-0.39, 0.29) is 11.9 Å². The minimum Gasteiger partial charge on any atom is -0.489 e. The zero-order valence-corrected chi connectivity index (χ0v) is 12.5. The van der Waals surface area contributed by atoms with E-state index in [1.165, 1.54) is 24.3 Å². The van der Waals surface area contributed by atoms with Gasteiger partial charge in [0.05, 0.1) is 0 Å². The topological polar surface area (TPSA) is 30.5 Å². The Balaban J connectivity index is 2.59. The van der Waals surface area contributed by atoms with Crippen LogP contribution in [0.1, 0.15) is 27.2 Å². The molecule has 0 bridgehead atoms. The van der Waals surface area contributed by atoms with Gasteiger partial charge in [-0.05, 0) is 43.1 Å². The first-order chi connectivity index (χ1) is 9.81. The maximum absolute atomic E-state index is 12.1. The van der Waals surface area contributed by atoms with Crippen molar-refractivity contribution in [1.29, 1.82) is 0 Å². The summed E-state index contributed by atoms with van der Waals surface area (Å²) in [5.41, 5.74) is 0. The molecule has 0 aliphatic carbocycles. The van der Waals surface area contributed by atoms with Gasteiger partial charge in [-0.3, -0.25) is 0 Å². The van der Waals surface area contributed by atoms with Crippen LogP contribution in [0.5, 0.6) is 11.5 Å². The first kappa shape index (κ1) is 17.6. The fraction of sp³-hybridized carbons (Fsp3) is 0.600. The lowest BCUT2D eigenvalue weighted by molar-refractivity contribution is -0.274. The van der Waals surface area contributed by atoms with E-state index in [1.54, 1.807) is 0 Å². The van der Waals surface area contributed by atoms with Gasteiger partial charge in [-0.1, -0.05) is 20.8 Å². The van der Waals surface area contributed by atoms with E-state index >= 15 is 0 Å². The van der Waals surface area contributed by atoms with E-state index in [4.69, 9.17) is 4.74 Å². The van der Waals surface area contributed by atoms with Crippen LogP contribution in [0.25, 0.3) is 0 Å². The molecule has 0 heterocycles. The standard InChI is InChI=1S/C15H22F3NO2/c1-4-9-19-10-14(11(2)3)20-12-5-7-13(8-6-12)21-15(16,17)18/h5-8,11,14,19H,4,9-10H2,1-3H3. The number of hydrogen-bond donors (Lipinski definition) is 1. The molecule has 1 atom stereocenters. The van der Waals surface area contributed by atoms with E-state index < -0.39 is 6.36 Å². The molecule has 0 fully saturated rings. The number of alkyl halides is 3. The summed E-state index contributed by atoms with van der Waals surface area (Å²) in [6.07, 6.45) is -3.67. The lowest BCUT2D eigenvalue weighted by Crippen LogP contribution is -2.35. The average molecular weight is 305 g/mol. The molecule has 0 aliphatic rings. The molecule has 0 aliphatic heterocycles. The molecular weight excluding hydrogens is 283 g/mol. The molecule has 1 N–H and O–H groups in total. The zero-order chi connectivity index (χ0) is 15.9. The number of ether oxygens (including phenoxy) is 2. The third-order valence-electron chi connectivity index (χ3n) is 2.86. The van der Waals surface area contributed by atoms with Crippen molar-refractivity contribution < 1.29 is 22.6 Å². The third-order valence-corrected chi connectivity index (χ3v) is 2.86. The van der Waals surface area contributed by atoms with Crippen LogP contribution in [0.2, 0.25) is 0 Å². The van der Waals surface area contributed by atoms with Gasteiger partial charge in [-0.15, -0.1) is 13.2 Å². The van der Waals surface area contributed by atoms with Crippen molar-refractivity contribution in [2.24, 2.45) is 5.92 Å². The number of halogens is 3. The second-order valence-corrected chi connectivity index (χ2v) is 5.12. The maximum Gasteiger partial charge on any atom is 0.573 e. The van der Waals surface area contributed by atoms with Crippen LogP contribution >= 0.6 is 0 Å². The van der Waals surface area contributed by atoms with Crippen LogP contribution in [-0.4, -0.2) is 25.6 Å². The van der Waals surface area contributed by atoms with Gasteiger partial charge in [0.15, 0.2) is 0 Å². The molecule has 0 aromatic heterocycles. The molecule has 0 saturated carbocycles. The fourth-order valence-corrected chi connectivity index (χ4v) is 1.73. The summed E-state index contributed by atoms with van der Waals surface area (Å²) < 4.78 is 45.8. The van der Waals surface area contributed by atoms with E-state index in [1.807, 2.05) is 13.8 Å². The SMILES string of the molecule is CCCNCC(Oc1ccc(OC(F)(F)F)cc1)C(C)C. The van der Waals surface area contributed by atoms with Crippen LogP contribution < -0.4 is 14.8 Å². The molecule has 0 radical (unpaired) electrons. The Hall–Kier alpha value is -1.43. The highest BCUT2D eigenvalue weighted by Crippen LogP contribution is 2.25. The summed E-state index contributed by atoms with van der Waals surface area (Å²) in [6, 6.07) is 5.46. The highest BCUT2D eigenvalue weighted by Gasteiger charge is 2.31. The van der Waals surface area contributed by atoms with Gasteiger partial charge in [0, 0.05) is 6.54 Å². The van der Waals surface area contributed by atoms with Crippen molar-refractivity contribution in [3.63, 3.8) is 0 Å². The van der Waals surface area contributed by atoms with Crippen LogP contribution in [0, 0.1) is 5.92 Å². The summed E-state index contributed by atoms with van der Waals surface area (Å²) in [4.78, 5) is 0. The molecule has 1 aromatic rings. The lowest BCUT2D eigenvalue weighted by atomic mass is 10.1. The van der Waals surface area contributed by atoms with Crippen molar-refractivity contribution in [1.82, 2.24) is 5.32 Å². The van der Waals surface area contributed by atoms with Crippen molar-refractivity contribution in [3.05, 3.63) is 24.3 Å². The van der Waals surface area contributed by atoms with Crippen molar-refractivity contribution in [3.8, 4) is 11.5 Å². The molecule has 120 valence electrons. The molecule has 0 amide bonds. The summed E-state index contributed by atoms with van der Waals surface area (Å²) in [7, 11) is 0. The maximum atomic E-state index is 12.1. The van der Waals surface area contributed by atoms with Crippen LogP contribution in [0.3, 0.4) is 0 Å². The first-order valence-electron chi connectivity index (χ1n) is 7.05. The normalized spacial score (nSPS) is 13.3. The van der Waals surface area contributed by atoms with E-state index in [2.05, 4.69) is 17.0 Å². The molecule has 0 spiro atoms. The Morgan fingerprint density at radius 1 is 1.10 bits per heavy atom. The van der Waals surface area contributed by atoms with Crippen LogP contribution in [-0.2, 0) is 0 Å². The molecule has 1 rings (SSSR count). The minimum atomic E-state index is -4.67. The number of nitrogens with one attached hydrogen (secondary N) is 1. The van der Waals surface area contributed by atoms with E-state index in [9.17, 15) is 13.2 Å². The number of hydrogen-bond acceptors (Lipinski definition) is 3. The summed E-state index contributed by atoms with van der Waals surface area (Å²) in [5.74, 6) is 0.571. The number of benzene rings is 1. The van der Waals surface area contributed by atoms with Crippen molar-refractivity contribution in [2.75, 3.05) is 13.1 Å². The molecule has 6 heteroatoms. The Morgan fingerprint density at radius 2 is 1.67 bits per heavy atom. The molecular formula is C15H22F3NO2. The van der Waals surface area contributed by atoms with E-state index in [0.717, 1.165) is 13.0 Å². The van der Waals surface area contributed by atoms with Gasteiger partial charge < -0.3 is 14.8 Å². The van der Waals surface area contributed by atoms with Crippen molar-refractivity contribution >= 4 is 0 Å². The quantitative estimate of drug-likeness (QED) is 0.737. The summed E-state index contributed by atoms with van der Waals surface area (Å²) in [6.45, 7) is 7.77. The minimum absolute atomic E-state index is 0.0362. The van der Waals surface area contributed by atoms with Gasteiger partial charge in [-0.25, -0.2) is 0 Å². The van der Waals surface area contributed by atoms with Gasteiger partial charge >= 0.3 is 6.36 Å². The van der Waals surface area contributed by atoms with Crippen molar-refractivity contribution in [2.45, 2.75) is 39.7 Å². The highest BCUT2D eigenvalue weighted by atomic mass is 19.4. The zero-order valence-electron chi connectivity index (χ0n) is 12.5. The largest absolute Gasteiger partial charge is 0.573 e. The van der Waals surface area contributed by atoms with Crippen LogP contribution in [0.15, 0.2) is 24.3 Å². The predicted octanol–water partition coefficient (Wildman–Crippen LogP) is 3.99. The Morgan fingerprint density at radius 3 is 2.14 bits per heavy atom. The van der Waals surface area contributed by atoms with Gasteiger partial charge in [0.2, 0.25) is 0 Å². The average Bonchev–Trinajstić information content (AvgIpc) is 2.38. The molecule has 3 nitrogen and oxygen atoms in total.